The number of hydrogen-bond acceptors (Lipinski definition) is 2. The summed E-state index contributed by atoms with van der Waals surface area (Å²) in [6, 6.07) is 7.58. The first-order valence-corrected chi connectivity index (χ1v) is 9.94. The summed E-state index contributed by atoms with van der Waals surface area (Å²) in [6.07, 6.45) is 9.03. The van der Waals surface area contributed by atoms with Crippen LogP contribution in [0.25, 0.3) is 0 Å². The number of carbonyl (C=O) groups excluding carboxylic acids is 1. The van der Waals surface area contributed by atoms with Crippen molar-refractivity contribution in [3.63, 3.8) is 0 Å². The predicted molar refractivity (Wildman–Crippen MR) is 92.1 cm³/mol. The van der Waals surface area contributed by atoms with Gasteiger partial charge < -0.3 is 4.74 Å². The van der Waals surface area contributed by atoms with E-state index in [1.165, 1.54) is 32.1 Å². The van der Waals surface area contributed by atoms with Crippen LogP contribution in [0.15, 0.2) is 28.7 Å². The highest BCUT2D eigenvalue weighted by Gasteiger charge is 2.63. The van der Waals surface area contributed by atoms with Gasteiger partial charge in [-0.05, 0) is 92.9 Å². The van der Waals surface area contributed by atoms with Gasteiger partial charge in [0.2, 0.25) is 0 Å². The van der Waals surface area contributed by atoms with Gasteiger partial charge in [0.15, 0.2) is 0 Å². The number of esters is 1. The highest BCUT2D eigenvalue weighted by atomic mass is 79.9. The number of rotatable bonds is 2. The van der Waals surface area contributed by atoms with E-state index in [1.54, 1.807) is 0 Å². The van der Waals surface area contributed by atoms with Crippen molar-refractivity contribution >= 4 is 21.9 Å². The molecule has 1 aromatic carbocycles. The number of fused-ring (bicyclic) bond motifs is 4. The van der Waals surface area contributed by atoms with Crippen molar-refractivity contribution < 1.29 is 9.53 Å². The molecule has 0 heterocycles. The highest BCUT2D eigenvalue weighted by molar-refractivity contribution is 9.10. The van der Waals surface area contributed by atoms with Crippen LogP contribution in [0, 0.1) is 29.6 Å². The van der Waals surface area contributed by atoms with Gasteiger partial charge in [-0.1, -0.05) is 15.9 Å². The molecule has 0 saturated heterocycles. The Labute approximate surface area is 146 Å². The standard InChI is InChI=1S/C20H23BrO2/c21-15-5-1-13(2-6-15)19(22)23-20-10-9-14(11-20)16-7-3-12-4-8-17(20)18(12)16/h1-2,5-6,12,14,16-18H,3-4,7-11H2/t12-,14+,16+,17+,18+,20+/m1/s1. The Bertz CT molecular complexity index is 640. The van der Waals surface area contributed by atoms with Crippen molar-refractivity contribution in [1.29, 1.82) is 0 Å². The average Bonchev–Trinajstić information content (AvgIpc) is 3.22. The molecule has 4 aliphatic carbocycles. The van der Waals surface area contributed by atoms with Gasteiger partial charge in [-0.15, -0.1) is 0 Å². The Balaban J connectivity index is 1.43. The Morgan fingerprint density at radius 2 is 1.83 bits per heavy atom. The molecule has 0 aliphatic heterocycles. The number of benzene rings is 1. The lowest BCUT2D eigenvalue weighted by Gasteiger charge is -2.45. The lowest BCUT2D eigenvalue weighted by Crippen LogP contribution is -2.47. The highest BCUT2D eigenvalue weighted by Crippen LogP contribution is 2.66. The maximum absolute atomic E-state index is 12.7. The molecule has 6 atom stereocenters. The van der Waals surface area contributed by atoms with Crippen LogP contribution in [0.2, 0.25) is 0 Å². The number of ether oxygens (including phenoxy) is 1. The average molecular weight is 375 g/mol. The fraction of sp³-hybridized carbons (Fsp3) is 0.650. The maximum atomic E-state index is 12.7. The normalized spacial score (nSPS) is 43.4. The zero-order chi connectivity index (χ0) is 15.6. The summed E-state index contributed by atoms with van der Waals surface area (Å²) in [4.78, 5) is 12.7. The smallest absolute Gasteiger partial charge is 0.338 e. The van der Waals surface area contributed by atoms with Crippen LogP contribution in [0.4, 0.5) is 0 Å². The SMILES string of the molecule is O=C(O[C@@]12CC[C@@H](C1)[C@@H]1CC[C@@H]3CC[C@H]2[C@@H]31)c1ccc(Br)cc1. The minimum Gasteiger partial charge on any atom is -0.455 e. The molecule has 3 heteroatoms. The van der Waals surface area contributed by atoms with E-state index in [4.69, 9.17) is 4.74 Å². The van der Waals surface area contributed by atoms with Crippen LogP contribution in [-0.2, 0) is 4.74 Å². The summed E-state index contributed by atoms with van der Waals surface area (Å²) in [5, 5.41) is 0. The second-order valence-electron chi connectivity index (χ2n) is 8.23. The van der Waals surface area contributed by atoms with Gasteiger partial charge in [0.25, 0.3) is 0 Å². The van der Waals surface area contributed by atoms with E-state index in [0.717, 1.165) is 41.0 Å². The van der Waals surface area contributed by atoms with Crippen molar-refractivity contribution in [3.8, 4) is 0 Å². The third-order valence-corrected chi connectivity index (χ3v) is 7.95. The first kappa shape index (κ1) is 14.5. The maximum Gasteiger partial charge on any atom is 0.338 e. The summed E-state index contributed by atoms with van der Waals surface area (Å²) in [7, 11) is 0. The number of carbonyl (C=O) groups is 1. The van der Waals surface area contributed by atoms with E-state index < -0.39 is 0 Å². The van der Waals surface area contributed by atoms with Crippen LogP contribution in [0.5, 0.6) is 0 Å². The van der Waals surface area contributed by atoms with E-state index in [9.17, 15) is 4.79 Å². The van der Waals surface area contributed by atoms with Crippen LogP contribution >= 0.6 is 15.9 Å². The molecular weight excluding hydrogens is 352 g/mol. The molecule has 122 valence electrons. The van der Waals surface area contributed by atoms with Crippen LogP contribution in [-0.4, -0.2) is 11.6 Å². The lowest BCUT2D eigenvalue weighted by atomic mass is 9.66. The molecule has 23 heavy (non-hydrogen) atoms. The van der Waals surface area contributed by atoms with Crippen molar-refractivity contribution in [2.45, 2.75) is 50.5 Å². The Morgan fingerprint density at radius 3 is 2.65 bits per heavy atom. The molecule has 5 rings (SSSR count). The van der Waals surface area contributed by atoms with Crippen LogP contribution < -0.4 is 0 Å². The minimum atomic E-state index is -0.144. The molecule has 4 saturated carbocycles. The summed E-state index contributed by atoms with van der Waals surface area (Å²) in [5.41, 5.74) is 0.545. The number of halogens is 1. The fourth-order valence-corrected chi connectivity index (χ4v) is 6.90. The van der Waals surface area contributed by atoms with E-state index in [0.29, 0.717) is 11.5 Å². The van der Waals surface area contributed by atoms with Gasteiger partial charge in [-0.2, -0.15) is 0 Å². The zero-order valence-electron chi connectivity index (χ0n) is 13.3. The zero-order valence-corrected chi connectivity index (χ0v) is 14.9. The molecule has 4 fully saturated rings. The number of hydrogen-bond donors (Lipinski definition) is 0. The Kier molecular flexibility index (Phi) is 3.21. The predicted octanol–water partition coefficient (Wildman–Crippen LogP) is 5.21. The van der Waals surface area contributed by atoms with E-state index in [-0.39, 0.29) is 11.6 Å². The first-order chi connectivity index (χ1) is 11.2. The molecule has 2 nitrogen and oxygen atoms in total. The van der Waals surface area contributed by atoms with E-state index in [2.05, 4.69) is 15.9 Å². The molecule has 2 bridgehead atoms. The van der Waals surface area contributed by atoms with Gasteiger partial charge in [0, 0.05) is 10.4 Å². The summed E-state index contributed by atoms with van der Waals surface area (Å²) in [5.74, 6) is 4.06. The van der Waals surface area contributed by atoms with Gasteiger partial charge in [-0.3, -0.25) is 0 Å². The second kappa shape index (κ2) is 5.08. The monoisotopic (exact) mass is 374 g/mol. The summed E-state index contributed by atoms with van der Waals surface area (Å²) < 4.78 is 7.28. The molecule has 4 aliphatic rings. The molecule has 0 aromatic heterocycles. The fourth-order valence-electron chi connectivity index (χ4n) is 6.63. The van der Waals surface area contributed by atoms with Crippen LogP contribution in [0.1, 0.15) is 55.3 Å². The molecule has 0 radical (unpaired) electrons. The molecule has 0 unspecified atom stereocenters. The molecular formula is C20H23BrO2. The molecule has 0 N–H and O–H groups in total. The van der Waals surface area contributed by atoms with Crippen molar-refractivity contribution in [2.24, 2.45) is 29.6 Å². The van der Waals surface area contributed by atoms with Crippen LogP contribution in [0.3, 0.4) is 0 Å². The van der Waals surface area contributed by atoms with Crippen molar-refractivity contribution in [2.75, 3.05) is 0 Å². The quantitative estimate of drug-likeness (QED) is 0.664. The van der Waals surface area contributed by atoms with Crippen molar-refractivity contribution in [3.05, 3.63) is 34.3 Å². The van der Waals surface area contributed by atoms with E-state index >= 15 is 0 Å². The van der Waals surface area contributed by atoms with Gasteiger partial charge in [0.1, 0.15) is 5.60 Å². The third kappa shape index (κ3) is 2.08. The van der Waals surface area contributed by atoms with Gasteiger partial charge in [0.05, 0.1) is 5.56 Å². The second-order valence-corrected chi connectivity index (χ2v) is 9.14. The van der Waals surface area contributed by atoms with Gasteiger partial charge in [-0.25, -0.2) is 4.79 Å². The van der Waals surface area contributed by atoms with E-state index in [1.807, 2.05) is 24.3 Å². The van der Waals surface area contributed by atoms with Crippen molar-refractivity contribution in [1.82, 2.24) is 0 Å². The topological polar surface area (TPSA) is 26.3 Å². The Hall–Kier alpha value is -0.830. The minimum absolute atomic E-state index is 0.113. The largest absolute Gasteiger partial charge is 0.455 e. The molecule has 0 amide bonds. The summed E-state index contributed by atoms with van der Waals surface area (Å²) in [6.45, 7) is 0. The molecule has 1 aromatic rings. The first-order valence-electron chi connectivity index (χ1n) is 9.15. The Morgan fingerprint density at radius 1 is 1.04 bits per heavy atom. The molecule has 0 spiro atoms. The third-order valence-electron chi connectivity index (χ3n) is 7.43. The lowest BCUT2D eigenvalue weighted by molar-refractivity contribution is -0.0856. The van der Waals surface area contributed by atoms with Gasteiger partial charge >= 0.3 is 5.97 Å². The summed E-state index contributed by atoms with van der Waals surface area (Å²) >= 11 is 3.43.